The number of carbonyl (C=O) groups is 1. The van der Waals surface area contributed by atoms with Gasteiger partial charge in [0.05, 0.1) is 5.92 Å². The lowest BCUT2D eigenvalue weighted by Gasteiger charge is -2.37. The summed E-state index contributed by atoms with van der Waals surface area (Å²) in [6.45, 7) is 4.67. The van der Waals surface area contributed by atoms with E-state index < -0.39 is 0 Å². The molecule has 3 aliphatic rings. The molecule has 0 radical (unpaired) electrons. The molecule has 2 heteroatoms. The zero-order chi connectivity index (χ0) is 22.3. The number of esters is 1. The van der Waals surface area contributed by atoms with Crippen molar-refractivity contribution < 1.29 is 9.53 Å². The van der Waals surface area contributed by atoms with Crippen molar-refractivity contribution >= 4 is 5.97 Å². The van der Waals surface area contributed by atoms with Crippen molar-refractivity contribution in [3.05, 3.63) is 29.8 Å². The van der Waals surface area contributed by atoms with Gasteiger partial charge in [-0.3, -0.25) is 4.79 Å². The predicted octanol–water partition coefficient (Wildman–Crippen LogP) is 8.69. The maximum atomic E-state index is 12.8. The van der Waals surface area contributed by atoms with Crippen LogP contribution in [0.2, 0.25) is 0 Å². The topological polar surface area (TPSA) is 26.3 Å². The van der Waals surface area contributed by atoms with Crippen molar-refractivity contribution in [2.75, 3.05) is 0 Å². The zero-order valence-corrected chi connectivity index (χ0v) is 20.7. The third-order valence-corrected chi connectivity index (χ3v) is 9.21. The summed E-state index contributed by atoms with van der Waals surface area (Å²) in [5.74, 6) is 5.16. The first-order valence-electron chi connectivity index (χ1n) is 13.9. The van der Waals surface area contributed by atoms with E-state index in [-0.39, 0.29) is 11.9 Å². The summed E-state index contributed by atoms with van der Waals surface area (Å²) < 4.78 is 5.81. The van der Waals surface area contributed by atoms with Gasteiger partial charge in [0.1, 0.15) is 5.75 Å². The molecule has 0 N–H and O–H groups in total. The van der Waals surface area contributed by atoms with Crippen LogP contribution < -0.4 is 4.74 Å². The molecule has 0 aromatic heterocycles. The molecule has 0 spiro atoms. The lowest BCUT2D eigenvalue weighted by atomic mass is 9.68. The second kappa shape index (κ2) is 11.7. The van der Waals surface area contributed by atoms with Crippen molar-refractivity contribution in [1.29, 1.82) is 0 Å². The van der Waals surface area contributed by atoms with Gasteiger partial charge in [0.25, 0.3) is 0 Å². The van der Waals surface area contributed by atoms with Crippen molar-refractivity contribution in [1.82, 2.24) is 0 Å². The van der Waals surface area contributed by atoms with E-state index in [0.717, 1.165) is 42.3 Å². The second-order valence-corrected chi connectivity index (χ2v) is 11.5. The van der Waals surface area contributed by atoms with Gasteiger partial charge in [0, 0.05) is 0 Å². The van der Waals surface area contributed by atoms with Gasteiger partial charge in [-0.1, -0.05) is 70.9 Å². The van der Waals surface area contributed by atoms with Crippen molar-refractivity contribution in [2.24, 2.45) is 29.6 Å². The minimum absolute atomic E-state index is 0.00552. The van der Waals surface area contributed by atoms with Crippen LogP contribution in [0.15, 0.2) is 24.3 Å². The molecule has 2 nitrogen and oxygen atoms in total. The Labute approximate surface area is 196 Å². The summed E-state index contributed by atoms with van der Waals surface area (Å²) in [4.78, 5) is 12.8. The molecular weight excluding hydrogens is 392 g/mol. The van der Waals surface area contributed by atoms with E-state index in [1.165, 1.54) is 89.0 Å². The molecule has 1 aromatic rings. The number of ether oxygens (including phenoxy) is 1. The summed E-state index contributed by atoms with van der Waals surface area (Å²) in [6, 6.07) is 8.43. The molecule has 32 heavy (non-hydrogen) atoms. The first-order chi connectivity index (χ1) is 15.6. The molecule has 0 aliphatic heterocycles. The van der Waals surface area contributed by atoms with E-state index in [1.54, 1.807) is 0 Å². The fourth-order valence-corrected chi connectivity index (χ4v) is 6.87. The van der Waals surface area contributed by atoms with Gasteiger partial charge in [-0.2, -0.15) is 0 Å². The van der Waals surface area contributed by atoms with Gasteiger partial charge in [0.15, 0.2) is 0 Å². The number of hydrogen-bond acceptors (Lipinski definition) is 2. The summed E-state index contributed by atoms with van der Waals surface area (Å²) >= 11 is 0. The van der Waals surface area contributed by atoms with Crippen LogP contribution in [0.1, 0.15) is 122 Å². The molecule has 0 atom stereocenters. The Bertz CT molecular complexity index is 684. The molecule has 0 heterocycles. The van der Waals surface area contributed by atoms with E-state index in [9.17, 15) is 4.79 Å². The third kappa shape index (κ3) is 6.39. The lowest BCUT2D eigenvalue weighted by molar-refractivity contribution is -0.140. The van der Waals surface area contributed by atoms with E-state index >= 15 is 0 Å². The van der Waals surface area contributed by atoms with Crippen LogP contribution in [0.5, 0.6) is 5.75 Å². The van der Waals surface area contributed by atoms with E-state index in [2.05, 4.69) is 26.0 Å². The molecule has 0 amide bonds. The van der Waals surface area contributed by atoms with Gasteiger partial charge >= 0.3 is 5.97 Å². The number of carbonyl (C=O) groups excluding carboxylic acids is 1. The summed E-state index contributed by atoms with van der Waals surface area (Å²) in [6.07, 6.45) is 19.7. The Morgan fingerprint density at radius 3 is 2.00 bits per heavy atom. The highest BCUT2D eigenvalue weighted by atomic mass is 16.5. The first kappa shape index (κ1) is 23.8. The highest BCUT2D eigenvalue weighted by Crippen LogP contribution is 2.42. The van der Waals surface area contributed by atoms with Crippen LogP contribution >= 0.6 is 0 Å². The molecule has 178 valence electrons. The fourth-order valence-electron chi connectivity index (χ4n) is 6.87. The molecule has 0 unspecified atom stereocenters. The van der Waals surface area contributed by atoms with Crippen molar-refractivity contribution in [3.8, 4) is 5.75 Å². The van der Waals surface area contributed by atoms with Gasteiger partial charge in [-0.15, -0.1) is 0 Å². The summed E-state index contributed by atoms with van der Waals surface area (Å²) in [5.41, 5.74) is 1.42. The lowest BCUT2D eigenvalue weighted by Crippen LogP contribution is -2.30. The Hall–Kier alpha value is -1.31. The summed E-state index contributed by atoms with van der Waals surface area (Å²) in [7, 11) is 0. The van der Waals surface area contributed by atoms with Gasteiger partial charge in [-0.05, 0) is 98.7 Å². The maximum Gasteiger partial charge on any atom is 0.314 e. The van der Waals surface area contributed by atoms with Crippen LogP contribution in [0, 0.1) is 29.6 Å². The standard InChI is InChI=1S/C30H46O2/c1-3-4-5-23-8-12-25(13-9-23)26-14-16-28(17-15-26)30(31)32-29-20-18-27(19-21-29)24-10-6-22(2)7-11-24/h18-26,28H,3-17H2,1-2H3. The van der Waals surface area contributed by atoms with Gasteiger partial charge < -0.3 is 4.74 Å². The second-order valence-electron chi connectivity index (χ2n) is 11.5. The number of rotatable bonds is 7. The van der Waals surface area contributed by atoms with Crippen molar-refractivity contribution in [2.45, 2.75) is 116 Å². The molecule has 4 rings (SSSR count). The van der Waals surface area contributed by atoms with Crippen LogP contribution in [0.3, 0.4) is 0 Å². The molecule has 0 saturated heterocycles. The minimum atomic E-state index is 0.00552. The molecule has 3 saturated carbocycles. The average molecular weight is 439 g/mol. The van der Waals surface area contributed by atoms with Crippen LogP contribution in [0.25, 0.3) is 0 Å². The summed E-state index contributed by atoms with van der Waals surface area (Å²) in [5, 5.41) is 0. The molecule has 3 fully saturated rings. The predicted molar refractivity (Wildman–Crippen MR) is 133 cm³/mol. The SMILES string of the molecule is CCCCC1CCC(C2CCC(C(=O)Oc3ccc(C4CCC(C)CC4)cc3)CC2)CC1. The smallest absolute Gasteiger partial charge is 0.314 e. The van der Waals surface area contributed by atoms with Gasteiger partial charge in [0.2, 0.25) is 0 Å². The number of benzene rings is 1. The maximum absolute atomic E-state index is 12.8. The van der Waals surface area contributed by atoms with E-state index in [0.29, 0.717) is 5.92 Å². The highest BCUT2D eigenvalue weighted by molar-refractivity contribution is 5.75. The zero-order valence-electron chi connectivity index (χ0n) is 20.7. The van der Waals surface area contributed by atoms with Crippen LogP contribution in [-0.4, -0.2) is 5.97 Å². The Balaban J connectivity index is 1.19. The van der Waals surface area contributed by atoms with Crippen molar-refractivity contribution in [3.63, 3.8) is 0 Å². The van der Waals surface area contributed by atoms with E-state index in [1.807, 2.05) is 12.1 Å². The van der Waals surface area contributed by atoms with Crippen LogP contribution in [-0.2, 0) is 4.79 Å². The molecule has 0 bridgehead atoms. The quantitative estimate of drug-likeness (QED) is 0.314. The van der Waals surface area contributed by atoms with Gasteiger partial charge in [-0.25, -0.2) is 0 Å². The highest BCUT2D eigenvalue weighted by Gasteiger charge is 2.33. The number of unbranched alkanes of at least 4 members (excludes halogenated alkanes) is 1. The minimum Gasteiger partial charge on any atom is -0.426 e. The number of hydrogen-bond donors (Lipinski definition) is 0. The molecule has 3 aliphatic carbocycles. The monoisotopic (exact) mass is 438 g/mol. The Kier molecular flexibility index (Phi) is 8.72. The van der Waals surface area contributed by atoms with E-state index in [4.69, 9.17) is 4.74 Å². The fraction of sp³-hybridized carbons (Fsp3) is 0.767. The first-order valence-corrected chi connectivity index (χ1v) is 13.9. The normalized spacial score (nSPS) is 33.6. The molecule has 1 aromatic carbocycles. The largest absolute Gasteiger partial charge is 0.426 e. The molecular formula is C30H46O2. The van der Waals surface area contributed by atoms with Crippen LogP contribution in [0.4, 0.5) is 0 Å². The average Bonchev–Trinajstić information content (AvgIpc) is 2.84. The third-order valence-electron chi connectivity index (χ3n) is 9.21. The Morgan fingerprint density at radius 2 is 1.41 bits per heavy atom. The Morgan fingerprint density at radius 1 is 0.812 bits per heavy atom.